The maximum Gasteiger partial charge on any atom is 0.113 e. The van der Waals surface area contributed by atoms with E-state index < -0.39 is 0 Å². The third-order valence-electron chi connectivity index (χ3n) is 5.20. The molecular weight excluding hydrogens is 276 g/mol. The first kappa shape index (κ1) is 21.8. The summed E-state index contributed by atoms with van der Waals surface area (Å²) in [5.74, 6) is 0. The summed E-state index contributed by atoms with van der Waals surface area (Å²) in [7, 11) is 0. The van der Waals surface area contributed by atoms with Gasteiger partial charge in [-0.1, -0.05) is 27.7 Å². The topological polar surface area (TPSA) is 24.9 Å². The molecule has 4 nitrogen and oxygen atoms in total. The first-order chi connectivity index (χ1) is 10.1. The zero-order valence-corrected chi connectivity index (χ0v) is 16.7. The van der Waals surface area contributed by atoms with E-state index in [9.17, 15) is 0 Å². The first-order valence-electron chi connectivity index (χ1n) is 8.92. The summed E-state index contributed by atoms with van der Waals surface area (Å²) >= 11 is 0. The van der Waals surface area contributed by atoms with Gasteiger partial charge in [0.15, 0.2) is 0 Å². The van der Waals surface area contributed by atoms with Crippen LogP contribution in [0.15, 0.2) is 0 Å². The lowest BCUT2D eigenvalue weighted by molar-refractivity contribution is -0.415. The maximum atomic E-state index is 5.93. The van der Waals surface area contributed by atoms with E-state index in [0.717, 1.165) is 26.2 Å². The lowest BCUT2D eigenvalue weighted by atomic mass is 9.98. The van der Waals surface area contributed by atoms with Crippen molar-refractivity contribution in [3.63, 3.8) is 0 Å². The lowest BCUT2D eigenvalue weighted by Gasteiger charge is -2.42. The molecule has 0 spiro atoms. The Kier molecular flexibility index (Phi) is 9.15. The SMILES string of the molecule is CCN(CC)C(C)C(C)(C)OOC(C)(C)C(C)N(CC)CC. The summed E-state index contributed by atoms with van der Waals surface area (Å²) in [6.07, 6.45) is 0. The van der Waals surface area contributed by atoms with Gasteiger partial charge >= 0.3 is 0 Å². The summed E-state index contributed by atoms with van der Waals surface area (Å²) in [6, 6.07) is 0.587. The molecule has 0 aliphatic rings. The molecule has 0 fully saturated rings. The highest BCUT2D eigenvalue weighted by molar-refractivity contribution is 4.85. The molecule has 0 aliphatic heterocycles. The minimum Gasteiger partial charge on any atom is -0.298 e. The van der Waals surface area contributed by atoms with Crippen LogP contribution in [0.5, 0.6) is 0 Å². The molecule has 22 heavy (non-hydrogen) atoms. The van der Waals surface area contributed by atoms with E-state index >= 15 is 0 Å². The van der Waals surface area contributed by atoms with Crippen LogP contribution in [0.2, 0.25) is 0 Å². The van der Waals surface area contributed by atoms with Gasteiger partial charge in [-0.2, -0.15) is 0 Å². The molecule has 0 aromatic carbocycles. The predicted molar refractivity (Wildman–Crippen MR) is 95.1 cm³/mol. The Balaban J connectivity index is 4.81. The van der Waals surface area contributed by atoms with E-state index in [2.05, 4.69) is 79.0 Å². The van der Waals surface area contributed by atoms with Crippen molar-refractivity contribution in [2.75, 3.05) is 26.2 Å². The van der Waals surface area contributed by atoms with Gasteiger partial charge in [0.2, 0.25) is 0 Å². The quantitative estimate of drug-likeness (QED) is 0.425. The van der Waals surface area contributed by atoms with Gasteiger partial charge in [0, 0.05) is 12.1 Å². The van der Waals surface area contributed by atoms with Crippen molar-refractivity contribution >= 4 is 0 Å². The smallest absolute Gasteiger partial charge is 0.113 e. The molecule has 4 heteroatoms. The van der Waals surface area contributed by atoms with Crippen LogP contribution < -0.4 is 0 Å². The Morgan fingerprint density at radius 3 is 1.05 bits per heavy atom. The largest absolute Gasteiger partial charge is 0.298 e. The van der Waals surface area contributed by atoms with E-state index in [1.165, 1.54) is 0 Å². The number of hydrogen-bond acceptors (Lipinski definition) is 4. The summed E-state index contributed by atoms with van der Waals surface area (Å²) < 4.78 is 0. The highest BCUT2D eigenvalue weighted by Gasteiger charge is 2.37. The molecule has 0 saturated carbocycles. The molecule has 2 unspecified atom stereocenters. The van der Waals surface area contributed by atoms with Gasteiger partial charge in [-0.3, -0.25) is 9.80 Å². The Labute approximate surface area is 139 Å². The van der Waals surface area contributed by atoms with Crippen LogP contribution in [0, 0.1) is 0 Å². The van der Waals surface area contributed by atoms with Crippen LogP contribution in [0.1, 0.15) is 69.2 Å². The summed E-state index contributed by atoms with van der Waals surface area (Å²) in [4.78, 5) is 16.7. The molecule has 0 radical (unpaired) electrons. The second kappa shape index (κ2) is 9.21. The molecule has 0 amide bonds. The zero-order valence-electron chi connectivity index (χ0n) is 16.7. The molecule has 0 aromatic rings. The van der Waals surface area contributed by atoms with Crippen LogP contribution in [0.25, 0.3) is 0 Å². The molecule has 0 aliphatic carbocycles. The molecule has 0 bridgehead atoms. The van der Waals surface area contributed by atoms with E-state index in [0.29, 0.717) is 12.1 Å². The van der Waals surface area contributed by atoms with Gasteiger partial charge in [-0.25, -0.2) is 9.78 Å². The van der Waals surface area contributed by atoms with E-state index in [-0.39, 0.29) is 11.2 Å². The minimum absolute atomic E-state index is 0.294. The molecular formula is C18H40N2O2. The van der Waals surface area contributed by atoms with Gasteiger partial charge < -0.3 is 0 Å². The number of likely N-dealkylation sites (N-methyl/N-ethyl adjacent to an activating group) is 2. The van der Waals surface area contributed by atoms with Crippen molar-refractivity contribution in [2.24, 2.45) is 0 Å². The number of nitrogens with zero attached hydrogens (tertiary/aromatic N) is 2. The predicted octanol–water partition coefficient (Wildman–Crippen LogP) is 3.95. The maximum absolute atomic E-state index is 5.93. The van der Waals surface area contributed by atoms with E-state index in [1.54, 1.807) is 0 Å². The minimum atomic E-state index is -0.355. The van der Waals surface area contributed by atoms with Crippen molar-refractivity contribution in [1.82, 2.24) is 9.80 Å². The van der Waals surface area contributed by atoms with Crippen molar-refractivity contribution in [2.45, 2.75) is 92.5 Å². The highest BCUT2D eigenvalue weighted by Crippen LogP contribution is 2.26. The third-order valence-corrected chi connectivity index (χ3v) is 5.20. The molecule has 0 heterocycles. The highest BCUT2D eigenvalue weighted by atomic mass is 17.2. The van der Waals surface area contributed by atoms with Crippen molar-refractivity contribution < 1.29 is 9.78 Å². The zero-order chi connectivity index (χ0) is 17.6. The second-order valence-corrected chi connectivity index (χ2v) is 7.17. The third kappa shape index (κ3) is 5.80. The van der Waals surface area contributed by atoms with Gasteiger partial charge in [-0.15, -0.1) is 0 Å². The Bertz CT molecular complexity index is 267. The molecule has 0 rings (SSSR count). The van der Waals surface area contributed by atoms with Gasteiger partial charge in [-0.05, 0) is 67.7 Å². The second-order valence-electron chi connectivity index (χ2n) is 7.17. The Hall–Kier alpha value is -0.160. The normalized spacial score (nSPS) is 16.4. The fourth-order valence-electron chi connectivity index (χ4n) is 2.78. The Morgan fingerprint density at radius 1 is 0.636 bits per heavy atom. The van der Waals surface area contributed by atoms with Crippen LogP contribution in [-0.4, -0.2) is 59.3 Å². The van der Waals surface area contributed by atoms with Crippen LogP contribution in [0.4, 0.5) is 0 Å². The molecule has 0 saturated heterocycles. The fraction of sp³-hybridized carbons (Fsp3) is 1.00. The molecule has 2 atom stereocenters. The van der Waals surface area contributed by atoms with Gasteiger partial charge in [0.1, 0.15) is 11.2 Å². The van der Waals surface area contributed by atoms with Crippen LogP contribution in [0.3, 0.4) is 0 Å². The average molecular weight is 317 g/mol. The summed E-state index contributed by atoms with van der Waals surface area (Å²) in [6.45, 7) is 25.6. The van der Waals surface area contributed by atoms with Crippen molar-refractivity contribution in [3.8, 4) is 0 Å². The van der Waals surface area contributed by atoms with Gasteiger partial charge in [0.05, 0.1) is 0 Å². The number of rotatable bonds is 11. The van der Waals surface area contributed by atoms with E-state index in [1.807, 2.05) is 0 Å². The molecule has 0 N–H and O–H groups in total. The first-order valence-corrected chi connectivity index (χ1v) is 8.92. The van der Waals surface area contributed by atoms with Crippen LogP contribution in [-0.2, 0) is 9.78 Å². The summed E-state index contributed by atoms with van der Waals surface area (Å²) in [5.41, 5.74) is -0.710. The molecule has 134 valence electrons. The van der Waals surface area contributed by atoms with Crippen LogP contribution >= 0.6 is 0 Å². The monoisotopic (exact) mass is 316 g/mol. The van der Waals surface area contributed by atoms with Crippen molar-refractivity contribution in [3.05, 3.63) is 0 Å². The van der Waals surface area contributed by atoms with Gasteiger partial charge in [0.25, 0.3) is 0 Å². The summed E-state index contributed by atoms with van der Waals surface area (Å²) in [5, 5.41) is 0. The molecule has 0 aromatic heterocycles. The Morgan fingerprint density at radius 2 is 0.864 bits per heavy atom. The lowest BCUT2D eigenvalue weighted by Crippen LogP contribution is -2.53. The average Bonchev–Trinajstić information content (AvgIpc) is 2.47. The van der Waals surface area contributed by atoms with Crippen molar-refractivity contribution in [1.29, 1.82) is 0 Å². The fourth-order valence-corrected chi connectivity index (χ4v) is 2.78. The van der Waals surface area contributed by atoms with E-state index in [4.69, 9.17) is 9.78 Å². The number of hydrogen-bond donors (Lipinski definition) is 0. The standard InChI is InChI=1S/C18H40N2O2/c1-11-19(12-2)15(5)17(7,8)21-22-18(9,10)16(6)20(13-3)14-4/h15-16H,11-14H2,1-10H3.